The van der Waals surface area contributed by atoms with Crippen LogP contribution < -0.4 is 0 Å². The Morgan fingerprint density at radius 3 is 2.82 bits per heavy atom. The van der Waals surface area contributed by atoms with Gasteiger partial charge in [-0.3, -0.25) is 4.79 Å². The molecule has 0 aliphatic carbocycles. The molecule has 0 N–H and O–H groups in total. The SMILES string of the molecule is COC(=O)Cc1c(C(F)F)cc(C#N)nc1I. The number of rotatable bonds is 3. The molecule has 4 nitrogen and oxygen atoms in total. The molecule has 90 valence electrons. The van der Waals surface area contributed by atoms with Gasteiger partial charge in [0.05, 0.1) is 13.5 Å². The highest BCUT2D eigenvalue weighted by atomic mass is 127. The van der Waals surface area contributed by atoms with Crippen molar-refractivity contribution in [1.82, 2.24) is 4.98 Å². The van der Waals surface area contributed by atoms with Crippen LogP contribution in [0.25, 0.3) is 0 Å². The van der Waals surface area contributed by atoms with E-state index in [-0.39, 0.29) is 26.9 Å². The Kier molecular flexibility index (Phi) is 4.74. The summed E-state index contributed by atoms with van der Waals surface area (Å²) in [5.41, 5.74) is -0.351. The second kappa shape index (κ2) is 5.86. The number of carbonyl (C=O) groups is 1. The molecule has 0 atom stereocenters. The van der Waals surface area contributed by atoms with E-state index in [1.54, 1.807) is 28.7 Å². The summed E-state index contributed by atoms with van der Waals surface area (Å²) in [5, 5.41) is 8.63. The van der Waals surface area contributed by atoms with Gasteiger partial charge in [-0.2, -0.15) is 5.26 Å². The van der Waals surface area contributed by atoms with Gasteiger partial charge in [0.2, 0.25) is 0 Å². The van der Waals surface area contributed by atoms with Gasteiger partial charge < -0.3 is 4.74 Å². The van der Waals surface area contributed by atoms with Gasteiger partial charge in [-0.15, -0.1) is 0 Å². The van der Waals surface area contributed by atoms with Crippen LogP contribution in [-0.2, 0) is 16.0 Å². The van der Waals surface area contributed by atoms with E-state index in [0.29, 0.717) is 0 Å². The van der Waals surface area contributed by atoms with Crippen molar-refractivity contribution in [2.45, 2.75) is 12.8 Å². The predicted molar refractivity (Wildman–Crippen MR) is 62.3 cm³/mol. The second-order valence-corrected chi connectivity index (χ2v) is 4.05. The van der Waals surface area contributed by atoms with Crippen molar-refractivity contribution in [2.75, 3.05) is 7.11 Å². The molecule has 17 heavy (non-hydrogen) atoms. The molecule has 1 aromatic heterocycles. The summed E-state index contributed by atoms with van der Waals surface area (Å²) < 4.78 is 30.2. The first-order valence-corrected chi connectivity index (χ1v) is 5.51. The Morgan fingerprint density at radius 2 is 2.35 bits per heavy atom. The molecular formula is C10H7F2IN2O2. The van der Waals surface area contributed by atoms with Crippen LogP contribution in [0.2, 0.25) is 0 Å². The first-order valence-electron chi connectivity index (χ1n) is 4.44. The Bertz CT molecular complexity index is 486. The van der Waals surface area contributed by atoms with Gasteiger partial charge in [0.25, 0.3) is 6.43 Å². The van der Waals surface area contributed by atoms with Gasteiger partial charge >= 0.3 is 5.97 Å². The van der Waals surface area contributed by atoms with Gasteiger partial charge in [0.1, 0.15) is 15.5 Å². The predicted octanol–water partition coefficient (Wildman–Crippen LogP) is 2.21. The topological polar surface area (TPSA) is 63.0 Å². The van der Waals surface area contributed by atoms with Gasteiger partial charge in [-0.1, -0.05) is 0 Å². The maximum Gasteiger partial charge on any atom is 0.310 e. The number of halogens is 3. The largest absolute Gasteiger partial charge is 0.469 e. The van der Waals surface area contributed by atoms with Crippen molar-refractivity contribution in [2.24, 2.45) is 0 Å². The average molecular weight is 352 g/mol. The fourth-order valence-corrected chi connectivity index (χ4v) is 1.96. The standard InChI is InChI=1S/C10H7F2IN2O2/c1-17-8(16)3-7-6(9(11)12)2-5(4-14)15-10(7)13/h2,9H,3H2,1H3. The minimum absolute atomic E-state index is 0.0988. The lowest BCUT2D eigenvalue weighted by Crippen LogP contribution is -2.11. The number of nitriles is 1. The lowest BCUT2D eigenvalue weighted by atomic mass is 10.1. The molecule has 0 unspecified atom stereocenters. The van der Waals surface area contributed by atoms with Gasteiger partial charge in [0, 0.05) is 11.1 Å². The highest BCUT2D eigenvalue weighted by molar-refractivity contribution is 14.1. The number of esters is 1. The molecule has 0 fully saturated rings. The normalized spacial score (nSPS) is 10.1. The zero-order valence-electron chi connectivity index (χ0n) is 8.71. The van der Waals surface area contributed by atoms with E-state index in [9.17, 15) is 13.6 Å². The van der Waals surface area contributed by atoms with E-state index in [4.69, 9.17) is 5.26 Å². The van der Waals surface area contributed by atoms with Gasteiger partial charge in [-0.25, -0.2) is 13.8 Å². The van der Waals surface area contributed by atoms with Crippen LogP contribution >= 0.6 is 22.6 Å². The first kappa shape index (κ1) is 13.8. The third-order valence-electron chi connectivity index (χ3n) is 2.01. The summed E-state index contributed by atoms with van der Waals surface area (Å²) in [4.78, 5) is 14.9. The average Bonchev–Trinajstić information content (AvgIpc) is 2.30. The van der Waals surface area contributed by atoms with Crippen molar-refractivity contribution in [3.63, 3.8) is 0 Å². The first-order chi connectivity index (χ1) is 7.99. The van der Waals surface area contributed by atoms with Crippen LogP contribution in [0.5, 0.6) is 0 Å². The minimum Gasteiger partial charge on any atom is -0.469 e. The maximum absolute atomic E-state index is 12.8. The zero-order chi connectivity index (χ0) is 13.0. The van der Waals surface area contributed by atoms with Crippen molar-refractivity contribution >= 4 is 28.6 Å². The van der Waals surface area contributed by atoms with E-state index < -0.39 is 12.4 Å². The molecule has 0 aromatic carbocycles. The molecule has 0 aliphatic rings. The smallest absolute Gasteiger partial charge is 0.310 e. The number of hydrogen-bond donors (Lipinski definition) is 0. The fourth-order valence-electron chi connectivity index (χ4n) is 1.20. The number of pyridine rings is 1. The van der Waals surface area contributed by atoms with Gasteiger partial charge in [0.15, 0.2) is 0 Å². The third kappa shape index (κ3) is 3.33. The highest BCUT2D eigenvalue weighted by Crippen LogP contribution is 2.27. The van der Waals surface area contributed by atoms with Crippen LogP contribution in [0.3, 0.4) is 0 Å². The molecule has 7 heteroatoms. The van der Waals surface area contributed by atoms with Crippen molar-refractivity contribution < 1.29 is 18.3 Å². The number of nitrogens with zero attached hydrogens (tertiary/aromatic N) is 2. The lowest BCUT2D eigenvalue weighted by molar-refractivity contribution is -0.139. The number of hydrogen-bond acceptors (Lipinski definition) is 4. The Morgan fingerprint density at radius 1 is 1.71 bits per heavy atom. The lowest BCUT2D eigenvalue weighted by Gasteiger charge is -2.10. The Balaban J connectivity index is 3.27. The molecule has 0 amide bonds. The highest BCUT2D eigenvalue weighted by Gasteiger charge is 2.20. The van der Waals surface area contributed by atoms with Crippen LogP contribution in [0.1, 0.15) is 23.2 Å². The molecule has 0 aliphatic heterocycles. The van der Waals surface area contributed by atoms with Crippen LogP contribution in [0, 0.1) is 15.0 Å². The van der Waals surface area contributed by atoms with Gasteiger partial charge in [-0.05, 0) is 28.7 Å². The van der Waals surface area contributed by atoms with E-state index in [1.165, 1.54) is 7.11 Å². The van der Waals surface area contributed by atoms with Crippen LogP contribution in [-0.4, -0.2) is 18.1 Å². The van der Waals surface area contributed by atoms with Crippen molar-refractivity contribution in [3.8, 4) is 6.07 Å². The van der Waals surface area contributed by atoms with E-state index in [1.807, 2.05) is 0 Å². The van der Waals surface area contributed by atoms with Crippen molar-refractivity contribution in [1.29, 1.82) is 5.26 Å². The number of aromatic nitrogens is 1. The van der Waals surface area contributed by atoms with E-state index in [0.717, 1.165) is 6.07 Å². The number of alkyl halides is 2. The van der Waals surface area contributed by atoms with Crippen LogP contribution in [0.15, 0.2) is 6.07 Å². The molecular weight excluding hydrogens is 345 g/mol. The number of methoxy groups -OCH3 is 1. The Labute approximate surface area is 110 Å². The number of ether oxygens (including phenoxy) is 1. The van der Waals surface area contributed by atoms with E-state index >= 15 is 0 Å². The summed E-state index contributed by atoms with van der Waals surface area (Å²) in [6.07, 6.45) is -3.05. The molecule has 0 bridgehead atoms. The summed E-state index contributed by atoms with van der Waals surface area (Å²) in [7, 11) is 1.17. The summed E-state index contributed by atoms with van der Waals surface area (Å²) >= 11 is 1.71. The molecule has 0 spiro atoms. The van der Waals surface area contributed by atoms with Crippen LogP contribution in [0.4, 0.5) is 8.78 Å². The quantitative estimate of drug-likeness (QED) is 0.475. The molecule has 1 aromatic rings. The maximum atomic E-state index is 12.8. The third-order valence-corrected chi connectivity index (χ3v) is 2.90. The Hall–Kier alpha value is -1.30. The summed E-state index contributed by atoms with van der Waals surface area (Å²) in [6, 6.07) is 2.68. The summed E-state index contributed by atoms with van der Waals surface area (Å²) in [5.74, 6) is -0.628. The van der Waals surface area contributed by atoms with Crippen molar-refractivity contribution in [3.05, 3.63) is 26.6 Å². The molecule has 0 radical (unpaired) electrons. The molecule has 0 saturated heterocycles. The minimum atomic E-state index is -2.77. The number of carbonyl (C=O) groups excluding carboxylic acids is 1. The fraction of sp³-hybridized carbons (Fsp3) is 0.300. The second-order valence-electron chi connectivity index (χ2n) is 3.03. The van der Waals surface area contributed by atoms with E-state index in [2.05, 4.69) is 9.72 Å². The zero-order valence-corrected chi connectivity index (χ0v) is 10.9. The molecule has 1 heterocycles. The summed E-state index contributed by atoms with van der Waals surface area (Å²) in [6.45, 7) is 0. The molecule has 1 rings (SSSR count). The monoisotopic (exact) mass is 352 g/mol. The molecule has 0 saturated carbocycles.